The van der Waals surface area contributed by atoms with E-state index in [2.05, 4.69) is 22.8 Å². The van der Waals surface area contributed by atoms with Gasteiger partial charge in [0.25, 0.3) is 0 Å². The van der Waals surface area contributed by atoms with Crippen molar-refractivity contribution in [2.45, 2.75) is 37.1 Å². The third-order valence-corrected chi connectivity index (χ3v) is 4.06. The summed E-state index contributed by atoms with van der Waals surface area (Å²) in [6.45, 7) is 0.720. The SMILES string of the molecule is COc1ccc(C2(CNC(=O)NC3CC3)CC2)cc1. The molecule has 2 fully saturated rings. The number of hydrogen-bond donors (Lipinski definition) is 2. The van der Waals surface area contributed by atoms with E-state index in [-0.39, 0.29) is 11.4 Å². The van der Waals surface area contributed by atoms with E-state index in [0.717, 1.165) is 38.0 Å². The molecule has 0 saturated heterocycles. The second-order valence-corrected chi connectivity index (χ2v) is 5.61. The van der Waals surface area contributed by atoms with Crippen LogP contribution >= 0.6 is 0 Å². The highest BCUT2D eigenvalue weighted by atomic mass is 16.5. The number of benzene rings is 1. The molecule has 0 heterocycles. The molecule has 0 atom stereocenters. The maximum atomic E-state index is 11.7. The molecule has 0 spiro atoms. The lowest BCUT2D eigenvalue weighted by molar-refractivity contribution is 0.239. The Balaban J connectivity index is 1.57. The minimum Gasteiger partial charge on any atom is -0.497 e. The fraction of sp³-hybridized carbons (Fsp3) is 0.533. The van der Waals surface area contributed by atoms with Crippen molar-refractivity contribution in [3.63, 3.8) is 0 Å². The van der Waals surface area contributed by atoms with Gasteiger partial charge >= 0.3 is 6.03 Å². The molecule has 0 bridgehead atoms. The largest absolute Gasteiger partial charge is 0.497 e. The van der Waals surface area contributed by atoms with Crippen LogP contribution in [0, 0.1) is 0 Å². The van der Waals surface area contributed by atoms with Gasteiger partial charge in [0.15, 0.2) is 0 Å². The van der Waals surface area contributed by atoms with E-state index < -0.39 is 0 Å². The van der Waals surface area contributed by atoms with Crippen molar-refractivity contribution in [2.75, 3.05) is 13.7 Å². The summed E-state index contributed by atoms with van der Waals surface area (Å²) in [6, 6.07) is 8.57. The van der Waals surface area contributed by atoms with Gasteiger partial charge in [0.1, 0.15) is 5.75 Å². The number of hydrogen-bond acceptors (Lipinski definition) is 2. The van der Waals surface area contributed by atoms with Crippen LogP contribution in [0.3, 0.4) is 0 Å². The molecule has 0 aliphatic heterocycles. The molecule has 2 amide bonds. The second-order valence-electron chi connectivity index (χ2n) is 5.61. The Bertz CT molecular complexity index is 462. The first-order chi connectivity index (χ1) is 9.22. The van der Waals surface area contributed by atoms with Gasteiger partial charge in [-0.1, -0.05) is 12.1 Å². The van der Waals surface area contributed by atoms with Crippen LogP contribution < -0.4 is 15.4 Å². The molecule has 3 rings (SSSR count). The molecule has 1 aromatic carbocycles. The molecule has 4 heteroatoms. The first-order valence-electron chi connectivity index (χ1n) is 6.91. The number of rotatable bonds is 5. The lowest BCUT2D eigenvalue weighted by Crippen LogP contribution is -2.40. The predicted octanol–water partition coefficient (Wildman–Crippen LogP) is 2.19. The summed E-state index contributed by atoms with van der Waals surface area (Å²) in [7, 11) is 1.67. The number of urea groups is 1. The number of nitrogens with one attached hydrogen (secondary N) is 2. The van der Waals surface area contributed by atoms with E-state index in [1.54, 1.807) is 7.11 Å². The predicted molar refractivity (Wildman–Crippen MR) is 73.5 cm³/mol. The third-order valence-electron chi connectivity index (χ3n) is 4.06. The van der Waals surface area contributed by atoms with Crippen LogP contribution in [0.25, 0.3) is 0 Å². The zero-order valence-electron chi connectivity index (χ0n) is 11.2. The lowest BCUT2D eigenvalue weighted by Gasteiger charge is -2.17. The molecule has 0 radical (unpaired) electrons. The third kappa shape index (κ3) is 2.83. The van der Waals surface area contributed by atoms with Gasteiger partial charge in [0.2, 0.25) is 0 Å². The summed E-state index contributed by atoms with van der Waals surface area (Å²) in [4.78, 5) is 11.7. The monoisotopic (exact) mass is 260 g/mol. The first kappa shape index (κ1) is 12.3. The number of carbonyl (C=O) groups is 1. The molecule has 0 unspecified atom stereocenters. The van der Waals surface area contributed by atoms with E-state index in [4.69, 9.17) is 4.74 Å². The molecule has 2 N–H and O–H groups in total. The molecule has 19 heavy (non-hydrogen) atoms. The first-order valence-corrected chi connectivity index (χ1v) is 6.91. The van der Waals surface area contributed by atoms with Crippen LogP contribution in [0.15, 0.2) is 24.3 Å². The summed E-state index contributed by atoms with van der Waals surface area (Å²) in [5.41, 5.74) is 1.44. The van der Waals surface area contributed by atoms with Crippen LogP contribution in [0.1, 0.15) is 31.2 Å². The van der Waals surface area contributed by atoms with Gasteiger partial charge in [-0.2, -0.15) is 0 Å². The summed E-state index contributed by atoms with van der Waals surface area (Å²) in [5.74, 6) is 0.874. The van der Waals surface area contributed by atoms with Gasteiger partial charge in [-0.25, -0.2) is 4.79 Å². The fourth-order valence-electron chi connectivity index (χ4n) is 2.38. The maximum Gasteiger partial charge on any atom is 0.315 e. The minimum absolute atomic E-state index is 0.0257. The fourth-order valence-corrected chi connectivity index (χ4v) is 2.38. The van der Waals surface area contributed by atoms with Crippen molar-refractivity contribution in [3.05, 3.63) is 29.8 Å². The Hall–Kier alpha value is -1.71. The van der Waals surface area contributed by atoms with E-state index in [1.807, 2.05) is 12.1 Å². The average Bonchev–Trinajstić information content (AvgIpc) is 3.33. The second kappa shape index (κ2) is 4.76. The van der Waals surface area contributed by atoms with Crippen molar-refractivity contribution in [1.82, 2.24) is 10.6 Å². The molecule has 2 aliphatic carbocycles. The Labute approximate surface area is 113 Å². The van der Waals surface area contributed by atoms with Crippen LogP contribution in [-0.4, -0.2) is 25.7 Å². The van der Waals surface area contributed by atoms with Gasteiger partial charge in [0, 0.05) is 18.0 Å². The van der Waals surface area contributed by atoms with Gasteiger partial charge in [-0.05, 0) is 43.4 Å². The summed E-state index contributed by atoms with van der Waals surface area (Å²) < 4.78 is 5.17. The molecular formula is C15H20N2O2. The van der Waals surface area contributed by atoms with Gasteiger partial charge in [0.05, 0.1) is 7.11 Å². The molecule has 2 saturated carbocycles. The smallest absolute Gasteiger partial charge is 0.315 e. The van der Waals surface area contributed by atoms with Crippen molar-refractivity contribution >= 4 is 6.03 Å². The Morgan fingerprint density at radius 3 is 2.53 bits per heavy atom. The quantitative estimate of drug-likeness (QED) is 0.852. The topological polar surface area (TPSA) is 50.4 Å². The number of amides is 2. The molecular weight excluding hydrogens is 240 g/mol. The maximum absolute atomic E-state index is 11.7. The van der Waals surface area contributed by atoms with Crippen molar-refractivity contribution in [2.24, 2.45) is 0 Å². The van der Waals surface area contributed by atoms with Crippen LogP contribution in [0.2, 0.25) is 0 Å². The molecule has 4 nitrogen and oxygen atoms in total. The average molecular weight is 260 g/mol. The van der Waals surface area contributed by atoms with Crippen LogP contribution in [-0.2, 0) is 5.41 Å². The van der Waals surface area contributed by atoms with Gasteiger partial charge in [-0.15, -0.1) is 0 Å². The molecule has 0 aromatic heterocycles. The number of carbonyl (C=O) groups excluding carboxylic acids is 1. The summed E-state index contributed by atoms with van der Waals surface area (Å²) in [5, 5.41) is 5.96. The van der Waals surface area contributed by atoms with Crippen molar-refractivity contribution < 1.29 is 9.53 Å². The van der Waals surface area contributed by atoms with Crippen molar-refractivity contribution in [1.29, 1.82) is 0 Å². The van der Waals surface area contributed by atoms with E-state index >= 15 is 0 Å². The summed E-state index contributed by atoms with van der Waals surface area (Å²) in [6.07, 6.45) is 4.53. The molecule has 1 aromatic rings. The zero-order valence-corrected chi connectivity index (χ0v) is 11.2. The van der Waals surface area contributed by atoms with Crippen LogP contribution in [0.4, 0.5) is 4.79 Å². The Kier molecular flexibility index (Phi) is 3.09. The highest BCUT2D eigenvalue weighted by molar-refractivity contribution is 5.74. The number of ether oxygens (including phenoxy) is 1. The zero-order chi connectivity index (χ0) is 13.3. The summed E-state index contributed by atoms with van der Waals surface area (Å²) >= 11 is 0. The highest BCUT2D eigenvalue weighted by Gasteiger charge is 2.44. The van der Waals surface area contributed by atoms with Crippen LogP contribution in [0.5, 0.6) is 5.75 Å². The Morgan fingerprint density at radius 2 is 2.00 bits per heavy atom. The standard InChI is InChI=1S/C15H20N2O2/c1-19-13-6-2-11(3-7-13)15(8-9-15)10-16-14(18)17-12-4-5-12/h2-3,6-7,12H,4-5,8-10H2,1H3,(H2,16,17,18). The van der Waals surface area contributed by atoms with E-state index in [9.17, 15) is 4.79 Å². The minimum atomic E-state index is -0.0257. The Morgan fingerprint density at radius 1 is 1.32 bits per heavy atom. The number of methoxy groups -OCH3 is 1. The normalized spacial score (nSPS) is 19.6. The highest BCUT2D eigenvalue weighted by Crippen LogP contribution is 2.47. The lowest BCUT2D eigenvalue weighted by atomic mass is 9.96. The van der Waals surface area contributed by atoms with Gasteiger partial charge in [-0.3, -0.25) is 0 Å². The van der Waals surface area contributed by atoms with E-state index in [0.29, 0.717) is 6.04 Å². The van der Waals surface area contributed by atoms with Gasteiger partial charge < -0.3 is 15.4 Å². The van der Waals surface area contributed by atoms with E-state index in [1.165, 1.54) is 5.56 Å². The molecule has 2 aliphatic rings. The van der Waals surface area contributed by atoms with Crippen molar-refractivity contribution in [3.8, 4) is 5.75 Å². The molecule has 102 valence electrons.